The number of carbonyl (C=O) groups excluding carboxylic acids is 1. The first-order valence-electron chi connectivity index (χ1n) is 5.28. The molecule has 0 unspecified atom stereocenters. The van der Waals surface area contributed by atoms with Crippen LogP contribution in [-0.2, 0) is 0 Å². The molecule has 0 fully saturated rings. The lowest BCUT2D eigenvalue weighted by Crippen LogP contribution is -2.21. The van der Waals surface area contributed by atoms with Crippen molar-refractivity contribution < 1.29 is 13.6 Å². The summed E-state index contributed by atoms with van der Waals surface area (Å²) in [5, 5.41) is 9.12. The molecule has 0 N–H and O–H groups in total. The quantitative estimate of drug-likeness (QED) is 0.808. The summed E-state index contributed by atoms with van der Waals surface area (Å²) in [6, 6.07) is 1.94. The summed E-state index contributed by atoms with van der Waals surface area (Å²) in [5.41, 5.74) is 0.472. The highest BCUT2D eigenvalue weighted by Gasteiger charge is 2.24. The maximum atomic E-state index is 14.0. The first-order chi connectivity index (χ1) is 8.88. The van der Waals surface area contributed by atoms with Gasteiger partial charge in [-0.05, 0) is 28.4 Å². The van der Waals surface area contributed by atoms with Gasteiger partial charge >= 0.3 is 5.91 Å². The Morgan fingerprint density at radius 1 is 1.53 bits per heavy atom. The summed E-state index contributed by atoms with van der Waals surface area (Å²) in [7, 11) is 3.06. The van der Waals surface area contributed by atoms with E-state index in [-0.39, 0.29) is 27.0 Å². The molecule has 0 bridgehead atoms. The van der Waals surface area contributed by atoms with Crippen LogP contribution < -0.4 is 0 Å². The highest BCUT2D eigenvalue weighted by atomic mass is 79.9. The number of carbonyl (C=O) groups is 1. The van der Waals surface area contributed by atoms with Gasteiger partial charge < -0.3 is 9.32 Å². The van der Waals surface area contributed by atoms with E-state index in [1.54, 1.807) is 6.92 Å². The average molecular weight is 326 g/mol. The van der Waals surface area contributed by atoms with Crippen LogP contribution in [0.1, 0.15) is 21.8 Å². The number of aromatic nitrogens is 1. The second-order valence-electron chi connectivity index (χ2n) is 4.14. The largest absolute Gasteiger partial charge is 0.429 e. The third kappa shape index (κ3) is 1.98. The minimum atomic E-state index is -0.670. The highest BCUT2D eigenvalue weighted by Crippen LogP contribution is 2.32. The number of nitrogens with zero attached hydrogens (tertiary/aromatic N) is 3. The van der Waals surface area contributed by atoms with Crippen LogP contribution in [0, 0.1) is 24.1 Å². The number of rotatable bonds is 1. The highest BCUT2D eigenvalue weighted by molar-refractivity contribution is 9.10. The van der Waals surface area contributed by atoms with E-state index in [1.165, 1.54) is 19.0 Å². The number of oxazole rings is 1. The topological polar surface area (TPSA) is 70.1 Å². The van der Waals surface area contributed by atoms with E-state index in [4.69, 9.17) is 9.68 Å². The van der Waals surface area contributed by atoms with Crippen molar-refractivity contribution in [2.45, 2.75) is 6.92 Å². The SMILES string of the molecule is Cc1c(Br)c(F)c2oc(C(=O)N(C)C)nc2c1C#N. The van der Waals surface area contributed by atoms with Crippen LogP contribution in [0.3, 0.4) is 0 Å². The van der Waals surface area contributed by atoms with Gasteiger partial charge in [-0.3, -0.25) is 4.79 Å². The van der Waals surface area contributed by atoms with Gasteiger partial charge in [-0.15, -0.1) is 0 Å². The molecule has 1 heterocycles. The molecule has 1 aromatic carbocycles. The number of hydrogen-bond acceptors (Lipinski definition) is 4. The lowest BCUT2D eigenvalue weighted by Gasteiger charge is -2.04. The predicted octanol–water partition coefficient (Wildman–Crippen LogP) is 2.61. The Morgan fingerprint density at radius 2 is 2.16 bits per heavy atom. The second-order valence-corrected chi connectivity index (χ2v) is 4.93. The Morgan fingerprint density at radius 3 is 2.68 bits per heavy atom. The van der Waals surface area contributed by atoms with Crippen LogP contribution in [0.25, 0.3) is 11.1 Å². The molecule has 5 nitrogen and oxygen atoms in total. The molecule has 0 aliphatic heterocycles. The van der Waals surface area contributed by atoms with Gasteiger partial charge in [0.05, 0.1) is 10.0 Å². The first-order valence-corrected chi connectivity index (χ1v) is 6.07. The lowest BCUT2D eigenvalue weighted by atomic mass is 10.1. The Bertz CT molecular complexity index is 731. The molecule has 1 aromatic heterocycles. The van der Waals surface area contributed by atoms with Crippen molar-refractivity contribution in [2.24, 2.45) is 0 Å². The maximum absolute atomic E-state index is 14.0. The Kier molecular flexibility index (Phi) is 3.28. The number of nitriles is 1. The number of benzene rings is 1. The number of hydrogen-bond donors (Lipinski definition) is 0. The normalized spacial score (nSPS) is 10.5. The van der Waals surface area contributed by atoms with Crippen molar-refractivity contribution in [3.63, 3.8) is 0 Å². The molecule has 0 aliphatic carbocycles. The number of amides is 1. The molecule has 0 radical (unpaired) electrons. The van der Waals surface area contributed by atoms with Crippen molar-refractivity contribution in [3.05, 3.63) is 27.3 Å². The summed E-state index contributed by atoms with van der Waals surface area (Å²) in [4.78, 5) is 16.9. The van der Waals surface area contributed by atoms with Crippen LogP contribution in [0.15, 0.2) is 8.89 Å². The van der Waals surface area contributed by atoms with Gasteiger partial charge in [0.2, 0.25) is 0 Å². The molecular weight excluding hydrogens is 317 g/mol. The molecule has 0 saturated heterocycles. The van der Waals surface area contributed by atoms with E-state index in [2.05, 4.69) is 20.9 Å². The van der Waals surface area contributed by atoms with Crippen LogP contribution in [0.4, 0.5) is 4.39 Å². The minimum Gasteiger partial charge on any atom is -0.429 e. The van der Waals surface area contributed by atoms with Gasteiger partial charge in [-0.1, -0.05) is 0 Å². The van der Waals surface area contributed by atoms with Crippen LogP contribution in [0.5, 0.6) is 0 Å². The molecule has 0 spiro atoms. The average Bonchev–Trinajstić information content (AvgIpc) is 2.80. The molecule has 2 rings (SSSR count). The van der Waals surface area contributed by atoms with Crippen molar-refractivity contribution in [2.75, 3.05) is 14.1 Å². The Balaban J connectivity index is 2.83. The van der Waals surface area contributed by atoms with Gasteiger partial charge in [0.1, 0.15) is 11.6 Å². The molecule has 98 valence electrons. The van der Waals surface area contributed by atoms with Gasteiger partial charge in [0.15, 0.2) is 11.4 Å². The minimum absolute atomic E-state index is 0.0610. The van der Waals surface area contributed by atoms with Crippen molar-refractivity contribution in [1.29, 1.82) is 5.26 Å². The maximum Gasteiger partial charge on any atom is 0.309 e. The molecule has 7 heteroatoms. The van der Waals surface area contributed by atoms with Gasteiger partial charge in [-0.25, -0.2) is 9.37 Å². The van der Waals surface area contributed by atoms with E-state index in [0.29, 0.717) is 5.56 Å². The zero-order valence-electron chi connectivity index (χ0n) is 10.4. The predicted molar refractivity (Wildman–Crippen MR) is 69.1 cm³/mol. The molecule has 1 amide bonds. The van der Waals surface area contributed by atoms with E-state index in [0.717, 1.165) is 0 Å². The van der Waals surface area contributed by atoms with E-state index in [1.807, 2.05) is 6.07 Å². The molecular formula is C12H9BrFN3O2. The standard InChI is InChI=1S/C12H9BrFN3O2/c1-5-6(4-15)9-10(8(14)7(5)13)19-11(16-9)12(18)17(2)3/h1-3H3. The van der Waals surface area contributed by atoms with Crippen molar-refractivity contribution in [1.82, 2.24) is 9.88 Å². The van der Waals surface area contributed by atoms with E-state index < -0.39 is 11.7 Å². The molecule has 0 aliphatic rings. The number of halogens is 2. The molecule has 19 heavy (non-hydrogen) atoms. The fourth-order valence-electron chi connectivity index (χ4n) is 1.61. The van der Waals surface area contributed by atoms with E-state index >= 15 is 0 Å². The van der Waals surface area contributed by atoms with E-state index in [9.17, 15) is 9.18 Å². The van der Waals surface area contributed by atoms with Gasteiger partial charge in [0, 0.05) is 14.1 Å². The monoisotopic (exact) mass is 325 g/mol. The smallest absolute Gasteiger partial charge is 0.309 e. The summed E-state index contributed by atoms with van der Waals surface area (Å²) in [6.45, 7) is 1.59. The fraction of sp³-hybridized carbons (Fsp3) is 0.250. The summed E-state index contributed by atoms with van der Waals surface area (Å²) in [5.74, 6) is -1.40. The third-order valence-electron chi connectivity index (χ3n) is 2.66. The molecule has 0 saturated carbocycles. The Labute approximate surface area is 116 Å². The Hall–Kier alpha value is -1.94. The van der Waals surface area contributed by atoms with Gasteiger partial charge in [-0.2, -0.15) is 5.26 Å². The zero-order chi connectivity index (χ0) is 14.3. The lowest BCUT2D eigenvalue weighted by molar-refractivity contribution is 0.0791. The van der Waals surface area contributed by atoms with Crippen LogP contribution >= 0.6 is 15.9 Å². The van der Waals surface area contributed by atoms with Crippen LogP contribution in [0.2, 0.25) is 0 Å². The molecule has 0 atom stereocenters. The summed E-state index contributed by atoms with van der Waals surface area (Å²) >= 11 is 3.06. The molecule has 2 aromatic rings. The summed E-state index contributed by atoms with van der Waals surface area (Å²) in [6.07, 6.45) is 0. The van der Waals surface area contributed by atoms with Crippen molar-refractivity contribution >= 4 is 32.9 Å². The van der Waals surface area contributed by atoms with Crippen molar-refractivity contribution in [3.8, 4) is 6.07 Å². The van der Waals surface area contributed by atoms with Crippen LogP contribution in [-0.4, -0.2) is 29.9 Å². The fourth-order valence-corrected chi connectivity index (χ4v) is 1.99. The first kappa shape index (κ1) is 13.5. The summed E-state index contributed by atoms with van der Waals surface area (Å²) < 4.78 is 19.3. The zero-order valence-corrected chi connectivity index (χ0v) is 12.0. The second kappa shape index (κ2) is 4.63. The number of fused-ring (bicyclic) bond motifs is 1. The van der Waals surface area contributed by atoms with Gasteiger partial charge in [0.25, 0.3) is 5.89 Å². The third-order valence-corrected chi connectivity index (χ3v) is 3.60.